The number of hydrogen-bond acceptors (Lipinski definition) is 5. The first-order valence-corrected chi connectivity index (χ1v) is 7.51. The molecule has 0 unspecified atom stereocenters. The Morgan fingerprint density at radius 1 is 1.17 bits per heavy atom. The van der Waals surface area contributed by atoms with E-state index in [1.165, 1.54) is 12.1 Å². The summed E-state index contributed by atoms with van der Waals surface area (Å²) in [5.41, 5.74) is 1.25. The Balaban J connectivity index is 1.82. The van der Waals surface area contributed by atoms with E-state index in [9.17, 15) is 9.50 Å². The van der Waals surface area contributed by atoms with Gasteiger partial charge in [0, 0.05) is 36.4 Å². The lowest BCUT2D eigenvalue weighted by molar-refractivity contribution is 0.198. The number of anilines is 1. The van der Waals surface area contributed by atoms with Gasteiger partial charge < -0.3 is 10.0 Å². The van der Waals surface area contributed by atoms with Crippen LogP contribution in [0.25, 0.3) is 22.3 Å². The van der Waals surface area contributed by atoms with Gasteiger partial charge in [0.25, 0.3) is 0 Å². The molecule has 1 aliphatic heterocycles. The lowest BCUT2D eigenvalue weighted by atomic mass is 10.1. The Morgan fingerprint density at radius 3 is 2.91 bits per heavy atom. The van der Waals surface area contributed by atoms with Gasteiger partial charge in [-0.05, 0) is 30.7 Å². The van der Waals surface area contributed by atoms with Crippen LogP contribution in [-0.4, -0.2) is 39.3 Å². The molecule has 1 saturated heterocycles. The first-order valence-electron chi connectivity index (χ1n) is 7.51. The van der Waals surface area contributed by atoms with Gasteiger partial charge in [0.2, 0.25) is 0 Å². The summed E-state index contributed by atoms with van der Waals surface area (Å²) in [5.74, 6) is 0.832. The van der Waals surface area contributed by atoms with Crippen LogP contribution in [0.3, 0.4) is 0 Å². The fourth-order valence-corrected chi connectivity index (χ4v) is 2.93. The van der Waals surface area contributed by atoms with Gasteiger partial charge in [0.1, 0.15) is 11.6 Å². The van der Waals surface area contributed by atoms with Gasteiger partial charge in [0.15, 0.2) is 5.82 Å². The van der Waals surface area contributed by atoms with E-state index in [1.807, 2.05) is 11.0 Å². The molecule has 3 heterocycles. The van der Waals surface area contributed by atoms with Crippen molar-refractivity contribution in [2.45, 2.75) is 12.5 Å². The molecule has 1 aliphatic rings. The Bertz CT molecular complexity index is 870. The molecule has 5 nitrogen and oxygen atoms in total. The molecule has 0 spiro atoms. The minimum absolute atomic E-state index is 0.329. The molecule has 116 valence electrons. The van der Waals surface area contributed by atoms with Gasteiger partial charge in [0.05, 0.1) is 11.6 Å². The summed E-state index contributed by atoms with van der Waals surface area (Å²) in [6, 6.07) is 8.25. The van der Waals surface area contributed by atoms with Crippen molar-refractivity contribution < 1.29 is 9.50 Å². The summed E-state index contributed by atoms with van der Waals surface area (Å²) in [6.45, 7) is 1.30. The van der Waals surface area contributed by atoms with Crippen LogP contribution in [0, 0.1) is 5.82 Å². The van der Waals surface area contributed by atoms with Crippen LogP contribution in [0.15, 0.2) is 42.7 Å². The maximum Gasteiger partial charge on any atom is 0.163 e. The zero-order valence-electron chi connectivity index (χ0n) is 12.4. The standard InChI is InChI=1S/C17H15FN4O/c18-12-8-11-2-1-5-19-16(11)14(9-12)17-20-6-3-15(21-17)22-7-4-13(23)10-22/h1-3,5-6,8-9,13,23H,4,7,10H2/t13-/m0/s1. The number of nitrogens with zero attached hydrogens (tertiary/aromatic N) is 4. The molecular weight excluding hydrogens is 295 g/mol. The smallest absolute Gasteiger partial charge is 0.163 e. The highest BCUT2D eigenvalue weighted by Gasteiger charge is 2.22. The zero-order chi connectivity index (χ0) is 15.8. The Hall–Kier alpha value is -2.60. The molecule has 0 bridgehead atoms. The van der Waals surface area contributed by atoms with E-state index in [1.54, 1.807) is 24.5 Å². The molecule has 3 aromatic rings. The van der Waals surface area contributed by atoms with Gasteiger partial charge in [-0.15, -0.1) is 0 Å². The number of pyridine rings is 1. The van der Waals surface area contributed by atoms with Crippen LogP contribution >= 0.6 is 0 Å². The number of aliphatic hydroxyl groups is 1. The highest BCUT2D eigenvalue weighted by molar-refractivity contribution is 5.91. The molecule has 1 aromatic carbocycles. The van der Waals surface area contributed by atoms with Crippen LogP contribution in [-0.2, 0) is 0 Å². The third-order valence-corrected chi connectivity index (χ3v) is 4.04. The van der Waals surface area contributed by atoms with Crippen molar-refractivity contribution in [3.05, 3.63) is 48.5 Å². The first kappa shape index (κ1) is 14.0. The quantitative estimate of drug-likeness (QED) is 0.787. The Labute approximate surface area is 132 Å². The van der Waals surface area contributed by atoms with E-state index >= 15 is 0 Å². The van der Waals surface area contributed by atoms with Crippen molar-refractivity contribution in [2.24, 2.45) is 0 Å². The monoisotopic (exact) mass is 310 g/mol. The number of benzene rings is 1. The second kappa shape index (κ2) is 5.55. The van der Waals surface area contributed by atoms with E-state index in [4.69, 9.17) is 0 Å². The third-order valence-electron chi connectivity index (χ3n) is 4.04. The second-order valence-electron chi connectivity index (χ2n) is 5.66. The molecular formula is C17H15FN4O. The predicted octanol–water partition coefficient (Wildman–Crippen LogP) is 2.40. The molecule has 2 aromatic heterocycles. The van der Waals surface area contributed by atoms with Crippen molar-refractivity contribution in [2.75, 3.05) is 18.0 Å². The van der Waals surface area contributed by atoms with E-state index in [-0.39, 0.29) is 11.9 Å². The molecule has 0 amide bonds. The number of rotatable bonds is 2. The molecule has 0 aliphatic carbocycles. The van der Waals surface area contributed by atoms with Crippen LogP contribution in [0.2, 0.25) is 0 Å². The SMILES string of the molecule is O[C@H]1CCN(c2ccnc(-c3cc(F)cc4cccnc34)n2)C1. The molecule has 1 atom stereocenters. The first-order chi connectivity index (χ1) is 11.2. The maximum atomic E-state index is 13.9. The highest BCUT2D eigenvalue weighted by Crippen LogP contribution is 2.27. The van der Waals surface area contributed by atoms with Crippen molar-refractivity contribution in [1.82, 2.24) is 15.0 Å². The highest BCUT2D eigenvalue weighted by atomic mass is 19.1. The van der Waals surface area contributed by atoms with Crippen LogP contribution < -0.4 is 4.90 Å². The number of fused-ring (bicyclic) bond motifs is 1. The summed E-state index contributed by atoms with van der Waals surface area (Å²) >= 11 is 0. The summed E-state index contributed by atoms with van der Waals surface area (Å²) < 4.78 is 13.9. The summed E-state index contributed by atoms with van der Waals surface area (Å²) in [7, 11) is 0. The average molecular weight is 310 g/mol. The summed E-state index contributed by atoms with van der Waals surface area (Å²) in [6.07, 6.45) is 3.72. The van der Waals surface area contributed by atoms with Crippen molar-refractivity contribution in [1.29, 1.82) is 0 Å². The maximum absolute atomic E-state index is 13.9. The molecule has 6 heteroatoms. The lowest BCUT2D eigenvalue weighted by Crippen LogP contribution is -2.22. The van der Waals surface area contributed by atoms with Gasteiger partial charge >= 0.3 is 0 Å². The second-order valence-corrected chi connectivity index (χ2v) is 5.66. The van der Waals surface area contributed by atoms with Crippen molar-refractivity contribution in [3.63, 3.8) is 0 Å². The minimum Gasteiger partial charge on any atom is -0.391 e. The normalized spacial score (nSPS) is 17.8. The predicted molar refractivity (Wildman–Crippen MR) is 85.6 cm³/mol. The number of halogens is 1. The molecule has 23 heavy (non-hydrogen) atoms. The van der Waals surface area contributed by atoms with Crippen LogP contribution in [0.4, 0.5) is 10.2 Å². The van der Waals surface area contributed by atoms with E-state index in [0.717, 1.165) is 18.8 Å². The number of hydrogen-bond donors (Lipinski definition) is 1. The molecule has 4 rings (SSSR count). The van der Waals surface area contributed by atoms with E-state index in [0.29, 0.717) is 28.8 Å². The van der Waals surface area contributed by atoms with Crippen LogP contribution in [0.1, 0.15) is 6.42 Å². The van der Waals surface area contributed by atoms with Gasteiger partial charge in [-0.3, -0.25) is 4.98 Å². The molecule has 0 radical (unpaired) electrons. The third kappa shape index (κ3) is 2.61. The topological polar surface area (TPSA) is 62.1 Å². The molecule has 1 fully saturated rings. The Kier molecular flexibility index (Phi) is 3.38. The summed E-state index contributed by atoms with van der Waals surface area (Å²) in [5, 5.41) is 10.4. The largest absolute Gasteiger partial charge is 0.391 e. The Morgan fingerprint density at radius 2 is 2.09 bits per heavy atom. The van der Waals surface area contributed by atoms with Crippen molar-refractivity contribution >= 4 is 16.7 Å². The number of β-amino-alcohol motifs (C(OH)–C–C–N with tert-alkyl or cyclic N) is 1. The van der Waals surface area contributed by atoms with Gasteiger partial charge in [-0.1, -0.05) is 6.07 Å². The molecule has 1 N–H and O–H groups in total. The van der Waals surface area contributed by atoms with E-state index in [2.05, 4.69) is 15.0 Å². The number of aliphatic hydroxyl groups excluding tert-OH is 1. The zero-order valence-corrected chi connectivity index (χ0v) is 12.4. The average Bonchev–Trinajstić information content (AvgIpc) is 3.01. The van der Waals surface area contributed by atoms with Crippen LogP contribution in [0.5, 0.6) is 0 Å². The number of aromatic nitrogens is 3. The van der Waals surface area contributed by atoms with Gasteiger partial charge in [-0.25, -0.2) is 14.4 Å². The fourth-order valence-electron chi connectivity index (χ4n) is 2.93. The van der Waals surface area contributed by atoms with E-state index < -0.39 is 0 Å². The minimum atomic E-state index is -0.342. The van der Waals surface area contributed by atoms with Gasteiger partial charge in [-0.2, -0.15) is 0 Å². The molecule has 0 saturated carbocycles. The van der Waals surface area contributed by atoms with Crippen molar-refractivity contribution in [3.8, 4) is 11.4 Å². The lowest BCUT2D eigenvalue weighted by Gasteiger charge is -2.17. The summed E-state index contributed by atoms with van der Waals surface area (Å²) in [4.78, 5) is 15.2. The fraction of sp³-hybridized carbons (Fsp3) is 0.235.